The highest BCUT2D eigenvalue weighted by atomic mass is 16.6. The minimum absolute atomic E-state index is 0.0606. The minimum Gasteiger partial charge on any atom is -0.293 e. The Morgan fingerprint density at radius 3 is 2.63 bits per heavy atom. The molecule has 2 aromatic rings. The average Bonchev–Trinajstić information content (AvgIpc) is 2.41. The summed E-state index contributed by atoms with van der Waals surface area (Å²) in [5, 5.41) is 10.9. The number of rotatable bonds is 4. The molecule has 5 heteroatoms. The smallest absolute Gasteiger partial charge is 0.280 e. The van der Waals surface area contributed by atoms with Gasteiger partial charge in [-0.05, 0) is 24.6 Å². The van der Waals surface area contributed by atoms with E-state index in [4.69, 9.17) is 0 Å². The van der Waals surface area contributed by atoms with Crippen molar-refractivity contribution < 1.29 is 9.72 Å². The first-order valence-corrected chi connectivity index (χ1v) is 5.76. The van der Waals surface area contributed by atoms with Crippen LogP contribution in [0.15, 0.2) is 42.6 Å². The van der Waals surface area contributed by atoms with Crippen molar-refractivity contribution in [3.63, 3.8) is 0 Å². The SMILES string of the molecule is Cc1ccc(CC(=O)c2ccccc2[N+](=O)[O-])nc1. The lowest BCUT2D eigenvalue weighted by Crippen LogP contribution is -2.08. The molecule has 1 heterocycles. The van der Waals surface area contributed by atoms with Crippen molar-refractivity contribution in [3.05, 3.63) is 69.5 Å². The third kappa shape index (κ3) is 3.01. The van der Waals surface area contributed by atoms with Gasteiger partial charge in [0.15, 0.2) is 5.78 Å². The monoisotopic (exact) mass is 256 g/mol. The lowest BCUT2D eigenvalue weighted by molar-refractivity contribution is -0.385. The van der Waals surface area contributed by atoms with Gasteiger partial charge in [0.2, 0.25) is 0 Å². The van der Waals surface area contributed by atoms with Crippen LogP contribution in [0.1, 0.15) is 21.6 Å². The fourth-order valence-electron chi connectivity index (χ4n) is 1.73. The number of hydrogen-bond donors (Lipinski definition) is 0. The van der Waals surface area contributed by atoms with Crippen LogP contribution in [0.2, 0.25) is 0 Å². The molecule has 2 rings (SSSR count). The summed E-state index contributed by atoms with van der Waals surface area (Å²) < 4.78 is 0. The van der Waals surface area contributed by atoms with Gasteiger partial charge in [-0.15, -0.1) is 0 Å². The molecule has 0 N–H and O–H groups in total. The van der Waals surface area contributed by atoms with E-state index < -0.39 is 4.92 Å². The van der Waals surface area contributed by atoms with Crippen molar-refractivity contribution in [2.24, 2.45) is 0 Å². The van der Waals surface area contributed by atoms with Crippen molar-refractivity contribution in [2.45, 2.75) is 13.3 Å². The number of nitro groups is 1. The normalized spacial score (nSPS) is 10.2. The maximum Gasteiger partial charge on any atom is 0.280 e. The Labute approximate surface area is 110 Å². The van der Waals surface area contributed by atoms with Crippen LogP contribution in [0.5, 0.6) is 0 Å². The summed E-state index contributed by atoms with van der Waals surface area (Å²) in [4.78, 5) is 26.5. The molecule has 0 spiro atoms. The van der Waals surface area contributed by atoms with Crippen LogP contribution in [-0.4, -0.2) is 15.7 Å². The van der Waals surface area contributed by atoms with Crippen LogP contribution >= 0.6 is 0 Å². The van der Waals surface area contributed by atoms with Crippen molar-refractivity contribution in [3.8, 4) is 0 Å². The van der Waals surface area contributed by atoms with Gasteiger partial charge in [-0.3, -0.25) is 19.9 Å². The molecule has 0 fully saturated rings. The van der Waals surface area contributed by atoms with Crippen molar-refractivity contribution in [1.82, 2.24) is 4.98 Å². The van der Waals surface area contributed by atoms with E-state index in [1.165, 1.54) is 12.1 Å². The first-order valence-electron chi connectivity index (χ1n) is 5.76. The Hall–Kier alpha value is -2.56. The fraction of sp³-hybridized carbons (Fsp3) is 0.143. The molecule has 0 amide bonds. The zero-order valence-electron chi connectivity index (χ0n) is 10.4. The number of carbonyl (C=O) groups is 1. The number of carbonyl (C=O) groups excluding carboxylic acids is 1. The van der Waals surface area contributed by atoms with E-state index in [0.717, 1.165) is 5.56 Å². The Morgan fingerprint density at radius 2 is 2.00 bits per heavy atom. The number of aryl methyl sites for hydroxylation is 1. The molecule has 0 aliphatic carbocycles. The predicted octanol–water partition coefficient (Wildman–Crippen LogP) is 2.72. The number of ketones is 1. The summed E-state index contributed by atoms with van der Waals surface area (Å²) in [6.45, 7) is 1.90. The molecule has 0 atom stereocenters. The lowest BCUT2D eigenvalue weighted by atomic mass is 10.0. The first-order chi connectivity index (χ1) is 9.08. The second-order valence-corrected chi connectivity index (χ2v) is 4.20. The van der Waals surface area contributed by atoms with Crippen LogP contribution in [0.25, 0.3) is 0 Å². The third-order valence-electron chi connectivity index (χ3n) is 2.72. The largest absolute Gasteiger partial charge is 0.293 e. The Balaban J connectivity index is 2.25. The zero-order valence-corrected chi connectivity index (χ0v) is 10.4. The second kappa shape index (κ2) is 5.39. The Kier molecular flexibility index (Phi) is 3.66. The molecule has 19 heavy (non-hydrogen) atoms. The molecule has 1 aromatic heterocycles. The fourth-order valence-corrected chi connectivity index (χ4v) is 1.73. The summed E-state index contributed by atoms with van der Waals surface area (Å²) >= 11 is 0. The molecule has 0 aliphatic rings. The number of nitrogens with zero attached hydrogens (tertiary/aromatic N) is 2. The van der Waals surface area contributed by atoms with Gasteiger partial charge in [-0.1, -0.05) is 18.2 Å². The molecule has 0 aliphatic heterocycles. The van der Waals surface area contributed by atoms with E-state index in [2.05, 4.69) is 4.98 Å². The molecule has 0 unspecified atom stereocenters. The minimum atomic E-state index is -0.546. The quantitative estimate of drug-likeness (QED) is 0.479. The number of hydrogen-bond acceptors (Lipinski definition) is 4. The van der Waals surface area contributed by atoms with Crippen LogP contribution in [0.4, 0.5) is 5.69 Å². The van der Waals surface area contributed by atoms with Crippen molar-refractivity contribution in [2.75, 3.05) is 0 Å². The number of nitro benzene ring substituents is 1. The number of aromatic nitrogens is 1. The second-order valence-electron chi connectivity index (χ2n) is 4.20. The maximum atomic E-state index is 12.1. The van der Waals surface area contributed by atoms with Crippen LogP contribution < -0.4 is 0 Å². The third-order valence-corrected chi connectivity index (χ3v) is 2.72. The lowest BCUT2D eigenvalue weighted by Gasteiger charge is -2.02. The van der Waals surface area contributed by atoms with Gasteiger partial charge >= 0.3 is 0 Å². The van der Waals surface area contributed by atoms with Gasteiger partial charge in [0, 0.05) is 18.0 Å². The Bertz CT molecular complexity index is 621. The Morgan fingerprint density at radius 1 is 1.26 bits per heavy atom. The van der Waals surface area contributed by atoms with Gasteiger partial charge in [-0.2, -0.15) is 0 Å². The highest BCUT2D eigenvalue weighted by Gasteiger charge is 2.19. The van der Waals surface area contributed by atoms with E-state index in [-0.39, 0.29) is 23.5 Å². The maximum absolute atomic E-state index is 12.1. The summed E-state index contributed by atoms with van der Waals surface area (Å²) in [6, 6.07) is 9.56. The van der Waals surface area contributed by atoms with Gasteiger partial charge in [0.1, 0.15) is 0 Å². The molecule has 0 radical (unpaired) electrons. The van der Waals surface area contributed by atoms with Crippen molar-refractivity contribution in [1.29, 1.82) is 0 Å². The standard InChI is InChI=1S/C14H12N2O3/c1-10-6-7-11(15-9-10)8-14(17)12-4-2-3-5-13(12)16(18)19/h2-7,9H,8H2,1H3. The molecular formula is C14H12N2O3. The number of para-hydroxylation sites is 1. The molecule has 1 aromatic carbocycles. The van der Waals surface area contributed by atoms with Gasteiger partial charge in [0.25, 0.3) is 5.69 Å². The van der Waals surface area contributed by atoms with E-state index in [0.29, 0.717) is 5.69 Å². The zero-order chi connectivity index (χ0) is 13.8. The predicted molar refractivity (Wildman–Crippen MR) is 70.1 cm³/mol. The summed E-state index contributed by atoms with van der Waals surface area (Å²) in [7, 11) is 0. The average molecular weight is 256 g/mol. The summed E-state index contributed by atoms with van der Waals surface area (Å²) in [5.74, 6) is -0.302. The summed E-state index contributed by atoms with van der Waals surface area (Å²) in [5.41, 5.74) is 1.56. The van der Waals surface area contributed by atoms with E-state index in [1.807, 2.05) is 13.0 Å². The molecule has 0 bridgehead atoms. The number of benzene rings is 1. The molecular weight excluding hydrogens is 244 g/mol. The van der Waals surface area contributed by atoms with Crippen LogP contribution in [0, 0.1) is 17.0 Å². The van der Waals surface area contributed by atoms with E-state index in [9.17, 15) is 14.9 Å². The van der Waals surface area contributed by atoms with Gasteiger partial charge < -0.3 is 0 Å². The van der Waals surface area contributed by atoms with Gasteiger partial charge in [0.05, 0.1) is 16.9 Å². The number of pyridine rings is 1. The van der Waals surface area contributed by atoms with Gasteiger partial charge in [-0.25, -0.2) is 0 Å². The summed E-state index contributed by atoms with van der Waals surface area (Å²) in [6.07, 6.45) is 1.73. The highest BCUT2D eigenvalue weighted by Crippen LogP contribution is 2.19. The molecule has 0 saturated carbocycles. The highest BCUT2D eigenvalue weighted by molar-refractivity contribution is 6.00. The molecule has 0 saturated heterocycles. The van der Waals surface area contributed by atoms with Crippen LogP contribution in [-0.2, 0) is 6.42 Å². The molecule has 96 valence electrons. The topological polar surface area (TPSA) is 73.1 Å². The van der Waals surface area contributed by atoms with Crippen LogP contribution in [0.3, 0.4) is 0 Å². The van der Waals surface area contributed by atoms with E-state index >= 15 is 0 Å². The number of Topliss-reactive ketones (excluding diaryl/α,β-unsaturated/α-hetero) is 1. The first kappa shape index (κ1) is 12.9. The van der Waals surface area contributed by atoms with Crippen molar-refractivity contribution >= 4 is 11.5 Å². The molecule has 5 nitrogen and oxygen atoms in total. The van der Waals surface area contributed by atoms with E-state index in [1.54, 1.807) is 24.4 Å².